The molecular weight excluding hydrogens is 227 g/mol. The van der Waals surface area contributed by atoms with E-state index in [4.69, 9.17) is 0 Å². The summed E-state index contributed by atoms with van der Waals surface area (Å²) >= 11 is 0. The van der Waals surface area contributed by atoms with Gasteiger partial charge in [-0.25, -0.2) is 4.39 Å². The Morgan fingerprint density at radius 2 is 1.67 bits per heavy atom. The van der Waals surface area contributed by atoms with Gasteiger partial charge in [0.2, 0.25) is 0 Å². The standard InChI is InChI=1S/C16H15FO/c1-12(13-7-3-2-4-8-13)16(18)11-14-9-5-6-10-15(14)17/h2-10,12H,11H2,1H3. The van der Waals surface area contributed by atoms with Crippen molar-refractivity contribution in [1.82, 2.24) is 0 Å². The topological polar surface area (TPSA) is 17.1 Å². The van der Waals surface area contributed by atoms with Gasteiger partial charge in [0.15, 0.2) is 0 Å². The highest BCUT2D eigenvalue weighted by Crippen LogP contribution is 2.18. The van der Waals surface area contributed by atoms with Gasteiger partial charge < -0.3 is 0 Å². The summed E-state index contributed by atoms with van der Waals surface area (Å²) in [5.74, 6) is -0.483. The van der Waals surface area contributed by atoms with E-state index in [1.165, 1.54) is 6.07 Å². The molecule has 1 atom stereocenters. The maximum absolute atomic E-state index is 13.5. The van der Waals surface area contributed by atoms with Crippen molar-refractivity contribution >= 4 is 5.78 Å². The van der Waals surface area contributed by atoms with Crippen molar-refractivity contribution in [2.24, 2.45) is 0 Å². The zero-order valence-electron chi connectivity index (χ0n) is 10.3. The van der Waals surface area contributed by atoms with Gasteiger partial charge in [0, 0.05) is 12.3 Å². The molecule has 1 nitrogen and oxygen atoms in total. The largest absolute Gasteiger partial charge is 0.299 e. The van der Waals surface area contributed by atoms with E-state index in [1.807, 2.05) is 37.3 Å². The van der Waals surface area contributed by atoms with Gasteiger partial charge in [-0.3, -0.25) is 4.79 Å². The van der Waals surface area contributed by atoms with Crippen molar-refractivity contribution in [1.29, 1.82) is 0 Å². The molecule has 0 fully saturated rings. The van der Waals surface area contributed by atoms with E-state index in [2.05, 4.69) is 0 Å². The van der Waals surface area contributed by atoms with Crippen LogP contribution in [0.25, 0.3) is 0 Å². The van der Waals surface area contributed by atoms with Gasteiger partial charge >= 0.3 is 0 Å². The molecular formula is C16H15FO. The Labute approximate surface area is 106 Å². The van der Waals surface area contributed by atoms with E-state index in [0.717, 1.165) is 5.56 Å². The van der Waals surface area contributed by atoms with Crippen LogP contribution in [-0.2, 0) is 11.2 Å². The molecule has 0 saturated carbocycles. The Hall–Kier alpha value is -1.96. The second-order valence-electron chi connectivity index (χ2n) is 4.37. The molecule has 92 valence electrons. The van der Waals surface area contributed by atoms with E-state index in [1.54, 1.807) is 18.2 Å². The number of halogens is 1. The average Bonchev–Trinajstić information content (AvgIpc) is 2.41. The molecule has 0 bridgehead atoms. The predicted molar refractivity (Wildman–Crippen MR) is 70.0 cm³/mol. The van der Waals surface area contributed by atoms with Crippen molar-refractivity contribution < 1.29 is 9.18 Å². The smallest absolute Gasteiger partial charge is 0.144 e. The lowest BCUT2D eigenvalue weighted by molar-refractivity contribution is -0.119. The van der Waals surface area contributed by atoms with Gasteiger partial charge in [-0.2, -0.15) is 0 Å². The fourth-order valence-corrected chi connectivity index (χ4v) is 1.91. The Morgan fingerprint density at radius 1 is 1.06 bits per heavy atom. The molecule has 0 radical (unpaired) electrons. The third-order valence-electron chi connectivity index (χ3n) is 3.11. The van der Waals surface area contributed by atoms with Crippen LogP contribution in [0.1, 0.15) is 24.0 Å². The van der Waals surface area contributed by atoms with Crippen molar-refractivity contribution in [3.63, 3.8) is 0 Å². The van der Waals surface area contributed by atoms with Crippen molar-refractivity contribution in [3.05, 3.63) is 71.5 Å². The zero-order valence-corrected chi connectivity index (χ0v) is 10.3. The lowest BCUT2D eigenvalue weighted by atomic mass is 9.93. The van der Waals surface area contributed by atoms with Crippen LogP contribution >= 0.6 is 0 Å². The van der Waals surface area contributed by atoms with Crippen LogP contribution in [0.4, 0.5) is 4.39 Å². The molecule has 0 spiro atoms. The van der Waals surface area contributed by atoms with Crippen LogP contribution in [-0.4, -0.2) is 5.78 Å². The lowest BCUT2D eigenvalue weighted by Gasteiger charge is -2.11. The summed E-state index contributed by atoms with van der Waals surface area (Å²) < 4.78 is 13.5. The third-order valence-corrected chi connectivity index (χ3v) is 3.11. The van der Waals surface area contributed by atoms with Gasteiger partial charge in [-0.05, 0) is 17.2 Å². The highest BCUT2D eigenvalue weighted by atomic mass is 19.1. The van der Waals surface area contributed by atoms with Crippen LogP contribution in [0.3, 0.4) is 0 Å². The SMILES string of the molecule is CC(C(=O)Cc1ccccc1F)c1ccccc1. The highest BCUT2D eigenvalue weighted by Gasteiger charge is 2.16. The summed E-state index contributed by atoms with van der Waals surface area (Å²) in [5.41, 5.74) is 1.43. The molecule has 2 rings (SSSR count). The quantitative estimate of drug-likeness (QED) is 0.798. The minimum atomic E-state index is -0.314. The first-order chi connectivity index (χ1) is 8.68. The number of benzene rings is 2. The molecule has 0 aliphatic carbocycles. The summed E-state index contributed by atoms with van der Waals surface area (Å²) in [4.78, 5) is 12.1. The van der Waals surface area contributed by atoms with Crippen LogP contribution in [0.15, 0.2) is 54.6 Å². The minimum Gasteiger partial charge on any atom is -0.299 e. The summed E-state index contributed by atoms with van der Waals surface area (Å²) in [6, 6.07) is 16.0. The number of carbonyl (C=O) groups is 1. The second-order valence-corrected chi connectivity index (χ2v) is 4.37. The van der Waals surface area contributed by atoms with Gasteiger partial charge in [0.1, 0.15) is 11.6 Å². The summed E-state index contributed by atoms with van der Waals surface area (Å²) in [5, 5.41) is 0. The predicted octanol–water partition coefficient (Wildman–Crippen LogP) is 3.74. The molecule has 0 amide bonds. The monoisotopic (exact) mass is 242 g/mol. The highest BCUT2D eigenvalue weighted by molar-refractivity contribution is 5.87. The molecule has 0 heterocycles. The number of rotatable bonds is 4. The Bertz CT molecular complexity index is 534. The Morgan fingerprint density at radius 3 is 2.33 bits per heavy atom. The molecule has 0 aromatic heterocycles. The number of hydrogen-bond acceptors (Lipinski definition) is 1. The van der Waals surface area contributed by atoms with Crippen LogP contribution < -0.4 is 0 Å². The number of Topliss-reactive ketones (excluding diaryl/α,β-unsaturated/α-hetero) is 1. The van der Waals surface area contributed by atoms with Crippen molar-refractivity contribution in [2.45, 2.75) is 19.3 Å². The summed E-state index contributed by atoms with van der Waals surface area (Å²) in [6.45, 7) is 1.86. The fourth-order valence-electron chi connectivity index (χ4n) is 1.91. The van der Waals surface area contributed by atoms with E-state index >= 15 is 0 Å². The maximum Gasteiger partial charge on any atom is 0.144 e. The molecule has 18 heavy (non-hydrogen) atoms. The molecule has 0 aliphatic heterocycles. The molecule has 2 aromatic carbocycles. The van der Waals surface area contributed by atoms with Crippen LogP contribution in [0.2, 0.25) is 0 Å². The Kier molecular flexibility index (Phi) is 3.88. The van der Waals surface area contributed by atoms with Gasteiger partial charge in [-0.1, -0.05) is 55.5 Å². The lowest BCUT2D eigenvalue weighted by Crippen LogP contribution is -2.12. The van der Waals surface area contributed by atoms with Gasteiger partial charge in [0.05, 0.1) is 0 Å². The number of hydrogen-bond donors (Lipinski definition) is 0. The van der Waals surface area contributed by atoms with Crippen molar-refractivity contribution in [3.8, 4) is 0 Å². The van der Waals surface area contributed by atoms with Crippen LogP contribution in [0.5, 0.6) is 0 Å². The Balaban J connectivity index is 2.12. The third kappa shape index (κ3) is 2.83. The van der Waals surface area contributed by atoms with Crippen LogP contribution in [0, 0.1) is 5.82 Å². The molecule has 0 N–H and O–H groups in total. The maximum atomic E-state index is 13.5. The normalized spacial score (nSPS) is 12.1. The second kappa shape index (κ2) is 5.58. The first kappa shape index (κ1) is 12.5. The van der Waals surface area contributed by atoms with E-state index in [-0.39, 0.29) is 23.9 Å². The van der Waals surface area contributed by atoms with Gasteiger partial charge in [0.25, 0.3) is 0 Å². The minimum absolute atomic E-state index is 0.0336. The van der Waals surface area contributed by atoms with Crippen molar-refractivity contribution in [2.75, 3.05) is 0 Å². The first-order valence-corrected chi connectivity index (χ1v) is 5.99. The number of ketones is 1. The van der Waals surface area contributed by atoms with E-state index in [9.17, 15) is 9.18 Å². The summed E-state index contributed by atoms with van der Waals surface area (Å²) in [7, 11) is 0. The average molecular weight is 242 g/mol. The fraction of sp³-hybridized carbons (Fsp3) is 0.188. The molecule has 2 heteroatoms. The van der Waals surface area contributed by atoms with E-state index < -0.39 is 0 Å². The summed E-state index contributed by atoms with van der Waals surface area (Å²) in [6.07, 6.45) is 0.142. The molecule has 0 aliphatic rings. The van der Waals surface area contributed by atoms with E-state index in [0.29, 0.717) is 5.56 Å². The zero-order chi connectivity index (χ0) is 13.0. The molecule has 1 unspecified atom stereocenters. The molecule has 2 aromatic rings. The number of carbonyl (C=O) groups excluding carboxylic acids is 1. The van der Waals surface area contributed by atoms with Gasteiger partial charge in [-0.15, -0.1) is 0 Å². The molecule has 0 saturated heterocycles. The first-order valence-electron chi connectivity index (χ1n) is 5.99.